The molecule has 0 radical (unpaired) electrons. The Morgan fingerprint density at radius 1 is 1.33 bits per heavy atom. The van der Waals surface area contributed by atoms with Crippen LogP contribution in [0, 0.1) is 13.8 Å². The number of nitrogens with one attached hydrogen (secondary N) is 1. The number of aryl methyl sites for hydroxylation is 3. The van der Waals surface area contributed by atoms with E-state index >= 15 is 0 Å². The standard InChI is InChI=1S/C19H26N4O/c1-15-7-8-17(14-16(15)2)18-6-3-13-23(18)19(24)20-9-4-11-22-12-5-10-21-22/h5,7-8,10,12,14,18H,3-4,6,9,11,13H2,1-2H3,(H,20,24). The van der Waals surface area contributed by atoms with Crippen LogP contribution in [0.3, 0.4) is 0 Å². The van der Waals surface area contributed by atoms with Crippen LogP contribution >= 0.6 is 0 Å². The first kappa shape index (κ1) is 16.6. The summed E-state index contributed by atoms with van der Waals surface area (Å²) >= 11 is 0. The van der Waals surface area contributed by atoms with Gasteiger partial charge in [0.05, 0.1) is 6.04 Å². The molecule has 0 aliphatic carbocycles. The fraction of sp³-hybridized carbons (Fsp3) is 0.474. The molecule has 2 amide bonds. The lowest BCUT2D eigenvalue weighted by Gasteiger charge is -2.26. The fourth-order valence-corrected chi connectivity index (χ4v) is 3.30. The first-order valence-electron chi connectivity index (χ1n) is 8.74. The predicted octanol–water partition coefficient (Wildman–Crippen LogP) is 3.44. The lowest BCUT2D eigenvalue weighted by Crippen LogP contribution is -2.40. The van der Waals surface area contributed by atoms with Crippen LogP contribution in [0.5, 0.6) is 0 Å². The van der Waals surface area contributed by atoms with Gasteiger partial charge in [0, 0.05) is 32.0 Å². The third-order valence-corrected chi connectivity index (χ3v) is 4.83. The molecule has 2 aromatic rings. The summed E-state index contributed by atoms with van der Waals surface area (Å²) in [6.45, 7) is 6.59. The molecule has 1 fully saturated rings. The molecular formula is C19H26N4O. The smallest absolute Gasteiger partial charge is 0.317 e. The predicted molar refractivity (Wildman–Crippen MR) is 94.8 cm³/mol. The molecule has 1 aliphatic heterocycles. The van der Waals surface area contributed by atoms with Crippen LogP contribution in [0.15, 0.2) is 36.7 Å². The number of likely N-dealkylation sites (tertiary alicyclic amines) is 1. The molecule has 5 nitrogen and oxygen atoms in total. The molecule has 2 heterocycles. The van der Waals surface area contributed by atoms with E-state index < -0.39 is 0 Å². The number of hydrogen-bond acceptors (Lipinski definition) is 2. The second-order valence-electron chi connectivity index (χ2n) is 6.55. The molecule has 1 aromatic heterocycles. The highest BCUT2D eigenvalue weighted by Gasteiger charge is 2.29. The number of hydrogen-bond donors (Lipinski definition) is 1. The summed E-state index contributed by atoms with van der Waals surface area (Å²) in [5, 5.41) is 7.23. The minimum Gasteiger partial charge on any atom is -0.338 e. The van der Waals surface area contributed by atoms with Crippen LogP contribution < -0.4 is 5.32 Å². The molecule has 1 aromatic carbocycles. The van der Waals surface area contributed by atoms with Gasteiger partial charge in [-0.1, -0.05) is 18.2 Å². The summed E-state index contributed by atoms with van der Waals surface area (Å²) in [4.78, 5) is 14.5. The van der Waals surface area contributed by atoms with E-state index in [1.165, 1.54) is 16.7 Å². The number of carbonyl (C=O) groups excluding carboxylic acids is 1. The van der Waals surface area contributed by atoms with Gasteiger partial charge in [-0.15, -0.1) is 0 Å². The number of urea groups is 1. The Kier molecular flexibility index (Phi) is 5.18. The Balaban J connectivity index is 1.54. The molecule has 0 saturated carbocycles. The van der Waals surface area contributed by atoms with E-state index in [0.29, 0.717) is 6.54 Å². The third-order valence-electron chi connectivity index (χ3n) is 4.83. The van der Waals surface area contributed by atoms with Crippen molar-refractivity contribution in [2.75, 3.05) is 13.1 Å². The van der Waals surface area contributed by atoms with Crippen LogP contribution in [0.2, 0.25) is 0 Å². The monoisotopic (exact) mass is 326 g/mol. The maximum atomic E-state index is 12.5. The first-order chi connectivity index (χ1) is 11.6. The molecule has 0 bridgehead atoms. The minimum atomic E-state index is 0.0520. The Hall–Kier alpha value is -2.30. The number of nitrogens with zero attached hydrogens (tertiary/aromatic N) is 3. The molecule has 5 heteroatoms. The third kappa shape index (κ3) is 3.78. The van der Waals surface area contributed by atoms with E-state index in [-0.39, 0.29) is 12.1 Å². The summed E-state index contributed by atoms with van der Waals surface area (Å²) in [5.41, 5.74) is 3.84. The summed E-state index contributed by atoms with van der Waals surface area (Å²) in [7, 11) is 0. The highest BCUT2D eigenvalue weighted by molar-refractivity contribution is 5.75. The van der Waals surface area contributed by atoms with E-state index in [2.05, 4.69) is 42.5 Å². The molecule has 24 heavy (non-hydrogen) atoms. The van der Waals surface area contributed by atoms with Gasteiger partial charge in [-0.2, -0.15) is 5.10 Å². The Bertz CT molecular complexity index is 681. The van der Waals surface area contributed by atoms with Crippen molar-refractivity contribution in [3.63, 3.8) is 0 Å². The van der Waals surface area contributed by atoms with Crippen LogP contribution in [0.1, 0.15) is 42.0 Å². The highest BCUT2D eigenvalue weighted by Crippen LogP contribution is 2.32. The maximum Gasteiger partial charge on any atom is 0.317 e. The van der Waals surface area contributed by atoms with Gasteiger partial charge in [-0.3, -0.25) is 4.68 Å². The van der Waals surface area contributed by atoms with Gasteiger partial charge in [0.2, 0.25) is 0 Å². The quantitative estimate of drug-likeness (QED) is 0.856. The van der Waals surface area contributed by atoms with E-state index in [1.807, 2.05) is 21.8 Å². The molecule has 1 unspecified atom stereocenters. The van der Waals surface area contributed by atoms with Gasteiger partial charge in [-0.05, 0) is 55.9 Å². The molecule has 1 saturated heterocycles. The average Bonchev–Trinajstić information content (AvgIpc) is 3.25. The zero-order valence-electron chi connectivity index (χ0n) is 14.5. The fourth-order valence-electron chi connectivity index (χ4n) is 3.30. The zero-order valence-corrected chi connectivity index (χ0v) is 14.5. The Morgan fingerprint density at radius 2 is 2.21 bits per heavy atom. The van der Waals surface area contributed by atoms with Crippen LogP contribution in [0.4, 0.5) is 4.79 Å². The number of rotatable bonds is 5. The summed E-state index contributed by atoms with van der Waals surface area (Å²) in [6.07, 6.45) is 6.71. The van der Waals surface area contributed by atoms with Crippen molar-refractivity contribution < 1.29 is 4.79 Å². The molecule has 3 rings (SSSR count). The lowest BCUT2D eigenvalue weighted by molar-refractivity contribution is 0.192. The maximum absolute atomic E-state index is 12.5. The topological polar surface area (TPSA) is 50.2 Å². The van der Waals surface area contributed by atoms with Crippen LogP contribution in [-0.4, -0.2) is 33.8 Å². The van der Waals surface area contributed by atoms with Gasteiger partial charge in [0.1, 0.15) is 0 Å². The van der Waals surface area contributed by atoms with Crippen LogP contribution in [-0.2, 0) is 6.54 Å². The number of carbonyl (C=O) groups is 1. The highest BCUT2D eigenvalue weighted by atomic mass is 16.2. The van der Waals surface area contributed by atoms with Crippen molar-refractivity contribution in [3.05, 3.63) is 53.3 Å². The second kappa shape index (κ2) is 7.51. The normalized spacial score (nSPS) is 17.2. The van der Waals surface area contributed by atoms with E-state index in [0.717, 1.165) is 32.4 Å². The SMILES string of the molecule is Cc1ccc(C2CCCN2C(=O)NCCCn2cccn2)cc1C. The zero-order chi connectivity index (χ0) is 16.9. The number of benzene rings is 1. The summed E-state index contributed by atoms with van der Waals surface area (Å²) in [6, 6.07) is 8.71. The van der Waals surface area contributed by atoms with Crippen molar-refractivity contribution in [2.45, 2.75) is 45.7 Å². The molecular weight excluding hydrogens is 300 g/mol. The minimum absolute atomic E-state index is 0.0520. The summed E-state index contributed by atoms with van der Waals surface area (Å²) in [5.74, 6) is 0. The van der Waals surface area contributed by atoms with E-state index in [9.17, 15) is 4.79 Å². The molecule has 0 spiro atoms. The summed E-state index contributed by atoms with van der Waals surface area (Å²) < 4.78 is 1.89. The largest absolute Gasteiger partial charge is 0.338 e. The van der Waals surface area contributed by atoms with E-state index in [4.69, 9.17) is 0 Å². The molecule has 1 aliphatic rings. The van der Waals surface area contributed by atoms with Crippen molar-refractivity contribution >= 4 is 6.03 Å². The van der Waals surface area contributed by atoms with Crippen molar-refractivity contribution in [1.29, 1.82) is 0 Å². The number of aromatic nitrogens is 2. The first-order valence-corrected chi connectivity index (χ1v) is 8.74. The Labute approximate surface area is 143 Å². The van der Waals surface area contributed by atoms with Crippen LogP contribution in [0.25, 0.3) is 0 Å². The lowest BCUT2D eigenvalue weighted by atomic mass is 9.99. The van der Waals surface area contributed by atoms with Gasteiger partial charge >= 0.3 is 6.03 Å². The van der Waals surface area contributed by atoms with E-state index in [1.54, 1.807) is 6.20 Å². The number of amides is 2. The average molecular weight is 326 g/mol. The van der Waals surface area contributed by atoms with Gasteiger partial charge in [0.15, 0.2) is 0 Å². The van der Waals surface area contributed by atoms with Crippen molar-refractivity contribution in [1.82, 2.24) is 20.0 Å². The Morgan fingerprint density at radius 3 is 2.96 bits per heavy atom. The van der Waals surface area contributed by atoms with Gasteiger partial charge in [-0.25, -0.2) is 4.79 Å². The molecule has 1 atom stereocenters. The van der Waals surface area contributed by atoms with Gasteiger partial charge in [0.25, 0.3) is 0 Å². The van der Waals surface area contributed by atoms with Crippen molar-refractivity contribution in [2.24, 2.45) is 0 Å². The van der Waals surface area contributed by atoms with Gasteiger partial charge < -0.3 is 10.2 Å². The molecule has 1 N–H and O–H groups in total. The second-order valence-corrected chi connectivity index (χ2v) is 6.55. The molecule has 128 valence electrons. The van der Waals surface area contributed by atoms with Crippen molar-refractivity contribution in [3.8, 4) is 0 Å².